The number of hydrogen-bond donors (Lipinski definition) is 0. The Bertz CT molecular complexity index is 1610. The molecule has 0 saturated carbocycles. The van der Waals surface area contributed by atoms with E-state index in [1.54, 1.807) is 30.3 Å². The van der Waals surface area contributed by atoms with E-state index in [9.17, 15) is 9.59 Å². The molecule has 6 rings (SSSR count). The smallest absolute Gasteiger partial charge is 0.197 e. The number of Topliss-reactive ketones (excluding diaryl/α,β-unsaturated/α-hetero) is 2. The Hall–Kier alpha value is -5.08. The fourth-order valence-corrected chi connectivity index (χ4v) is 5.04. The number of hydrogen-bond acceptors (Lipinski definition) is 2. The van der Waals surface area contributed by atoms with Crippen molar-refractivity contribution in [1.82, 2.24) is 0 Å². The van der Waals surface area contributed by atoms with Gasteiger partial charge in [0.2, 0.25) is 0 Å². The normalized spacial score (nSPS) is 12.3. The van der Waals surface area contributed by atoms with E-state index in [1.165, 1.54) is 0 Å². The molecule has 1 aliphatic carbocycles. The van der Waals surface area contributed by atoms with Gasteiger partial charge in [-0.25, -0.2) is 0 Å². The number of fused-ring (bicyclic) bond motifs is 1. The third kappa shape index (κ3) is 4.33. The van der Waals surface area contributed by atoms with Crippen LogP contribution in [0.2, 0.25) is 0 Å². The molecule has 0 atom stereocenters. The van der Waals surface area contributed by atoms with Crippen LogP contribution in [-0.2, 0) is 0 Å². The lowest BCUT2D eigenvalue weighted by Crippen LogP contribution is -2.00. The Balaban J connectivity index is 1.49. The molecule has 5 aromatic carbocycles. The van der Waals surface area contributed by atoms with E-state index in [1.807, 2.05) is 30.3 Å². The van der Waals surface area contributed by atoms with E-state index in [0.717, 1.165) is 39.0 Å². The Labute approximate surface area is 222 Å². The highest BCUT2D eigenvalue weighted by Crippen LogP contribution is 2.37. The predicted octanol–water partition coefficient (Wildman–Crippen LogP) is 8.16. The van der Waals surface area contributed by atoms with Crippen molar-refractivity contribution in [2.75, 3.05) is 0 Å². The van der Waals surface area contributed by atoms with E-state index in [-0.39, 0.29) is 17.1 Å². The third-order valence-corrected chi connectivity index (χ3v) is 6.85. The lowest BCUT2D eigenvalue weighted by atomic mass is 9.85. The Kier molecular flexibility index (Phi) is 6.21. The van der Waals surface area contributed by atoms with Crippen LogP contribution < -0.4 is 0 Å². The average Bonchev–Trinajstić information content (AvgIpc) is 3.22. The minimum atomic E-state index is -0.213. The minimum absolute atomic E-state index is 0.213. The van der Waals surface area contributed by atoms with Crippen LogP contribution in [-0.4, -0.2) is 11.6 Å². The van der Waals surface area contributed by atoms with Crippen molar-refractivity contribution >= 4 is 28.8 Å². The molecular formula is C36H24O2. The van der Waals surface area contributed by atoms with Crippen molar-refractivity contribution in [2.45, 2.75) is 0 Å². The van der Waals surface area contributed by atoms with Gasteiger partial charge in [-0.1, -0.05) is 140 Å². The zero-order chi connectivity index (χ0) is 25.9. The van der Waals surface area contributed by atoms with Crippen molar-refractivity contribution < 1.29 is 9.59 Å². The SMILES string of the molecule is O=C1C(=Cc2ccc(C(=C(c3ccccc3)c3ccccc3)c3ccccc3)cc2)C(=O)c2ccccc21. The van der Waals surface area contributed by atoms with Crippen LogP contribution >= 0.6 is 0 Å². The van der Waals surface area contributed by atoms with Crippen LogP contribution in [0.1, 0.15) is 48.5 Å². The first kappa shape index (κ1) is 23.3. The van der Waals surface area contributed by atoms with Gasteiger partial charge in [-0.05, 0) is 45.0 Å². The first-order valence-electron chi connectivity index (χ1n) is 12.6. The number of benzene rings is 5. The van der Waals surface area contributed by atoms with Crippen LogP contribution in [0.3, 0.4) is 0 Å². The van der Waals surface area contributed by atoms with Gasteiger partial charge in [0.15, 0.2) is 11.6 Å². The van der Waals surface area contributed by atoms with Crippen LogP contribution in [0.15, 0.2) is 145 Å². The number of rotatable bonds is 5. The number of carbonyl (C=O) groups excluding carboxylic acids is 2. The zero-order valence-electron chi connectivity index (χ0n) is 20.7. The summed E-state index contributed by atoms with van der Waals surface area (Å²) in [6, 6.07) is 46.3. The molecule has 0 radical (unpaired) electrons. The van der Waals surface area contributed by atoms with Gasteiger partial charge in [-0.15, -0.1) is 0 Å². The lowest BCUT2D eigenvalue weighted by molar-refractivity contribution is 0.0990. The predicted molar refractivity (Wildman–Crippen MR) is 154 cm³/mol. The topological polar surface area (TPSA) is 34.1 Å². The quantitative estimate of drug-likeness (QED) is 0.142. The maximum atomic E-state index is 12.9. The Morgan fingerprint density at radius 1 is 0.395 bits per heavy atom. The van der Waals surface area contributed by atoms with Gasteiger partial charge in [-0.2, -0.15) is 0 Å². The fourth-order valence-electron chi connectivity index (χ4n) is 5.04. The highest BCUT2D eigenvalue weighted by atomic mass is 16.2. The largest absolute Gasteiger partial charge is 0.288 e. The first-order valence-corrected chi connectivity index (χ1v) is 12.6. The standard InChI is InChI=1S/C36H24O2/c37-35-30-18-10-11-19-31(30)36(38)32(35)24-25-20-22-29(23-21-25)34(28-16-8-3-9-17-28)33(26-12-4-1-5-13-26)27-14-6-2-7-15-27/h1-24H. The molecule has 180 valence electrons. The van der Waals surface area contributed by atoms with Crippen molar-refractivity contribution in [3.8, 4) is 0 Å². The number of ketones is 2. The van der Waals surface area contributed by atoms with Crippen molar-refractivity contribution in [2.24, 2.45) is 0 Å². The second-order valence-electron chi connectivity index (χ2n) is 9.23. The van der Waals surface area contributed by atoms with Gasteiger partial charge >= 0.3 is 0 Å². The maximum Gasteiger partial charge on any atom is 0.197 e. The summed E-state index contributed by atoms with van der Waals surface area (Å²) in [7, 11) is 0. The van der Waals surface area contributed by atoms with Crippen molar-refractivity contribution in [1.29, 1.82) is 0 Å². The molecule has 0 heterocycles. The third-order valence-electron chi connectivity index (χ3n) is 6.85. The molecule has 0 unspecified atom stereocenters. The molecule has 38 heavy (non-hydrogen) atoms. The molecule has 0 N–H and O–H groups in total. The molecule has 0 bridgehead atoms. The summed E-state index contributed by atoms with van der Waals surface area (Å²) in [6.07, 6.45) is 1.70. The van der Waals surface area contributed by atoms with E-state index in [4.69, 9.17) is 0 Å². The molecular weight excluding hydrogens is 464 g/mol. The molecule has 0 aliphatic heterocycles. The zero-order valence-corrected chi connectivity index (χ0v) is 20.7. The van der Waals surface area contributed by atoms with E-state index in [0.29, 0.717) is 11.1 Å². The minimum Gasteiger partial charge on any atom is -0.288 e. The number of allylic oxidation sites excluding steroid dienone is 1. The molecule has 0 fully saturated rings. The average molecular weight is 489 g/mol. The second kappa shape index (κ2) is 10.1. The molecule has 5 aromatic rings. The Morgan fingerprint density at radius 3 is 1.13 bits per heavy atom. The van der Waals surface area contributed by atoms with Gasteiger partial charge in [0.1, 0.15) is 0 Å². The maximum absolute atomic E-state index is 12.9. The molecule has 0 amide bonds. The molecule has 0 spiro atoms. The monoisotopic (exact) mass is 488 g/mol. The highest BCUT2D eigenvalue weighted by Gasteiger charge is 2.32. The molecule has 0 saturated heterocycles. The first-order chi connectivity index (χ1) is 18.7. The van der Waals surface area contributed by atoms with E-state index in [2.05, 4.69) is 84.9 Å². The second-order valence-corrected chi connectivity index (χ2v) is 9.23. The lowest BCUT2D eigenvalue weighted by Gasteiger charge is -2.18. The molecule has 2 nitrogen and oxygen atoms in total. The van der Waals surface area contributed by atoms with Gasteiger partial charge in [0.05, 0.1) is 5.57 Å². The van der Waals surface area contributed by atoms with Gasteiger partial charge < -0.3 is 0 Å². The van der Waals surface area contributed by atoms with Gasteiger partial charge in [0.25, 0.3) is 0 Å². The summed E-state index contributed by atoms with van der Waals surface area (Å²) in [5.74, 6) is -0.426. The summed E-state index contributed by atoms with van der Waals surface area (Å²) < 4.78 is 0. The summed E-state index contributed by atoms with van der Waals surface area (Å²) in [4.78, 5) is 25.8. The number of carbonyl (C=O) groups is 2. The summed E-state index contributed by atoms with van der Waals surface area (Å²) >= 11 is 0. The fraction of sp³-hybridized carbons (Fsp3) is 0. The van der Waals surface area contributed by atoms with Gasteiger partial charge in [-0.3, -0.25) is 9.59 Å². The van der Waals surface area contributed by atoms with Crippen molar-refractivity contribution in [3.05, 3.63) is 184 Å². The van der Waals surface area contributed by atoms with Crippen LogP contribution in [0.5, 0.6) is 0 Å². The molecule has 2 heteroatoms. The van der Waals surface area contributed by atoms with Crippen molar-refractivity contribution in [3.63, 3.8) is 0 Å². The van der Waals surface area contributed by atoms with Crippen LogP contribution in [0, 0.1) is 0 Å². The highest BCUT2D eigenvalue weighted by molar-refractivity contribution is 6.41. The molecule has 0 aromatic heterocycles. The van der Waals surface area contributed by atoms with Gasteiger partial charge in [0, 0.05) is 11.1 Å². The summed E-state index contributed by atoms with van der Waals surface area (Å²) in [5, 5.41) is 0. The van der Waals surface area contributed by atoms with E-state index < -0.39 is 0 Å². The summed E-state index contributed by atoms with van der Waals surface area (Å²) in [5.41, 5.74) is 8.65. The van der Waals surface area contributed by atoms with Crippen LogP contribution in [0.4, 0.5) is 0 Å². The van der Waals surface area contributed by atoms with E-state index >= 15 is 0 Å². The molecule has 1 aliphatic rings. The van der Waals surface area contributed by atoms with Crippen LogP contribution in [0.25, 0.3) is 17.2 Å². The summed E-state index contributed by atoms with van der Waals surface area (Å²) in [6.45, 7) is 0. The Morgan fingerprint density at radius 2 is 0.737 bits per heavy atom.